The number of hydrogen-bond donors (Lipinski definition) is 1. The molecule has 0 fully saturated rings. The van der Waals surface area contributed by atoms with E-state index in [2.05, 4.69) is 10.3 Å². The molecule has 0 aromatic carbocycles. The zero-order valence-electron chi connectivity index (χ0n) is 14.2. The van der Waals surface area contributed by atoms with E-state index in [9.17, 15) is 14.4 Å². The number of carbonyl (C=O) groups excluding carboxylic acids is 3. The molecule has 0 spiro atoms. The molecule has 0 bridgehead atoms. The molecule has 126 valence electrons. The number of amides is 2. The van der Waals surface area contributed by atoms with Gasteiger partial charge in [0, 0.05) is 19.8 Å². The number of carbonyl (C=O) groups is 3. The summed E-state index contributed by atoms with van der Waals surface area (Å²) in [5.74, 6) is -1.41. The third-order valence-electron chi connectivity index (χ3n) is 2.91. The Balaban J connectivity index is 3.10. The number of aromatic nitrogens is 1. The Morgan fingerprint density at radius 2 is 1.96 bits per heavy atom. The normalized spacial score (nSPS) is 10.8. The number of likely N-dealkylation sites (N-methyl/N-ethyl adjacent to an activating group) is 2. The van der Waals surface area contributed by atoms with E-state index >= 15 is 0 Å². The molecule has 7 heteroatoms. The molecule has 0 atom stereocenters. The minimum Gasteiger partial charge on any atom is -0.456 e. The van der Waals surface area contributed by atoms with Gasteiger partial charge in [0.2, 0.25) is 5.91 Å². The second-order valence-corrected chi connectivity index (χ2v) is 5.89. The predicted octanol–water partition coefficient (Wildman–Crippen LogP) is 1.24. The van der Waals surface area contributed by atoms with Crippen molar-refractivity contribution in [2.45, 2.75) is 33.3 Å². The second kappa shape index (κ2) is 7.71. The van der Waals surface area contributed by atoms with Crippen molar-refractivity contribution in [2.75, 3.05) is 20.1 Å². The average Bonchev–Trinajstić information content (AvgIpc) is 2.50. The van der Waals surface area contributed by atoms with E-state index in [0.717, 1.165) is 0 Å². The standard InChI is InChI=1S/C16H23N3O4/c1-6-19(10-12(20)17-5)14(21)13-11(8-7-9-18-13)15(22)23-16(2,3)4/h7-9H,6,10H2,1-5H3,(H,17,20). The Morgan fingerprint density at radius 3 is 2.48 bits per heavy atom. The molecular weight excluding hydrogens is 298 g/mol. The van der Waals surface area contributed by atoms with Crippen LogP contribution in [0.2, 0.25) is 0 Å². The first kappa shape index (κ1) is 18.6. The highest BCUT2D eigenvalue weighted by Gasteiger charge is 2.26. The van der Waals surface area contributed by atoms with Crippen molar-refractivity contribution in [3.05, 3.63) is 29.6 Å². The summed E-state index contributed by atoms with van der Waals surface area (Å²) in [6.07, 6.45) is 1.43. The highest BCUT2D eigenvalue weighted by molar-refractivity contribution is 6.04. The third-order valence-corrected chi connectivity index (χ3v) is 2.91. The van der Waals surface area contributed by atoms with Crippen LogP contribution >= 0.6 is 0 Å². The van der Waals surface area contributed by atoms with Gasteiger partial charge in [0.05, 0.1) is 12.1 Å². The van der Waals surface area contributed by atoms with Crippen molar-refractivity contribution in [1.29, 1.82) is 0 Å². The van der Waals surface area contributed by atoms with Crippen LogP contribution < -0.4 is 5.32 Å². The van der Waals surface area contributed by atoms with Gasteiger partial charge in [-0.05, 0) is 39.8 Å². The zero-order valence-corrected chi connectivity index (χ0v) is 14.2. The molecule has 1 heterocycles. The smallest absolute Gasteiger partial charge is 0.341 e. The molecule has 23 heavy (non-hydrogen) atoms. The van der Waals surface area contributed by atoms with Gasteiger partial charge in [0.1, 0.15) is 11.3 Å². The monoisotopic (exact) mass is 321 g/mol. The number of pyridine rings is 1. The summed E-state index contributed by atoms with van der Waals surface area (Å²) in [5, 5.41) is 2.46. The second-order valence-electron chi connectivity index (χ2n) is 5.89. The first-order chi connectivity index (χ1) is 10.7. The van der Waals surface area contributed by atoms with Crippen LogP contribution in [0, 0.1) is 0 Å². The molecule has 0 radical (unpaired) electrons. The third kappa shape index (κ3) is 5.36. The quantitative estimate of drug-likeness (QED) is 0.824. The van der Waals surface area contributed by atoms with Crippen LogP contribution in [0.1, 0.15) is 48.5 Å². The molecule has 0 aliphatic rings. The summed E-state index contributed by atoms with van der Waals surface area (Å²) in [7, 11) is 1.49. The molecule has 7 nitrogen and oxygen atoms in total. The van der Waals surface area contributed by atoms with Crippen LogP contribution in [0.15, 0.2) is 18.3 Å². The van der Waals surface area contributed by atoms with Crippen molar-refractivity contribution >= 4 is 17.8 Å². The number of hydrogen-bond acceptors (Lipinski definition) is 5. The SMILES string of the molecule is CCN(CC(=O)NC)C(=O)c1ncccc1C(=O)OC(C)(C)C. The van der Waals surface area contributed by atoms with Crippen molar-refractivity contribution in [2.24, 2.45) is 0 Å². The van der Waals surface area contributed by atoms with Gasteiger partial charge in [0.15, 0.2) is 0 Å². The van der Waals surface area contributed by atoms with Gasteiger partial charge in [0.25, 0.3) is 5.91 Å². The zero-order chi connectivity index (χ0) is 17.6. The number of ether oxygens (including phenoxy) is 1. The highest BCUT2D eigenvalue weighted by atomic mass is 16.6. The molecule has 1 N–H and O–H groups in total. The molecular formula is C16H23N3O4. The summed E-state index contributed by atoms with van der Waals surface area (Å²) in [6.45, 7) is 7.19. The lowest BCUT2D eigenvalue weighted by molar-refractivity contribution is -0.121. The van der Waals surface area contributed by atoms with Crippen molar-refractivity contribution in [3.8, 4) is 0 Å². The minimum absolute atomic E-state index is 0.0208. The lowest BCUT2D eigenvalue weighted by Gasteiger charge is -2.22. The van der Waals surface area contributed by atoms with Gasteiger partial charge in [-0.1, -0.05) is 0 Å². The summed E-state index contributed by atoms with van der Waals surface area (Å²) in [6, 6.07) is 3.05. The van der Waals surface area contributed by atoms with Gasteiger partial charge in [-0.2, -0.15) is 0 Å². The summed E-state index contributed by atoms with van der Waals surface area (Å²) in [4.78, 5) is 41.7. The Hall–Kier alpha value is -2.44. The molecule has 0 unspecified atom stereocenters. The van der Waals surface area contributed by atoms with Crippen molar-refractivity contribution in [1.82, 2.24) is 15.2 Å². The van der Waals surface area contributed by atoms with Gasteiger partial charge >= 0.3 is 5.97 Å². The fourth-order valence-electron chi connectivity index (χ4n) is 1.80. The van der Waals surface area contributed by atoms with E-state index < -0.39 is 17.5 Å². The maximum absolute atomic E-state index is 12.6. The summed E-state index contributed by atoms with van der Waals surface area (Å²) in [5.41, 5.74) is -0.616. The van der Waals surface area contributed by atoms with Gasteiger partial charge < -0.3 is 15.0 Å². The van der Waals surface area contributed by atoms with Crippen LogP contribution in [0.5, 0.6) is 0 Å². The molecule has 1 aromatic heterocycles. The lowest BCUT2D eigenvalue weighted by Crippen LogP contribution is -2.40. The maximum Gasteiger partial charge on any atom is 0.341 e. The van der Waals surface area contributed by atoms with Crippen molar-refractivity contribution in [3.63, 3.8) is 0 Å². The number of nitrogens with zero attached hydrogens (tertiary/aromatic N) is 2. The van der Waals surface area contributed by atoms with Crippen LogP contribution in [0.3, 0.4) is 0 Å². The fourth-order valence-corrected chi connectivity index (χ4v) is 1.80. The summed E-state index contributed by atoms with van der Waals surface area (Å²) < 4.78 is 5.30. The van der Waals surface area contributed by atoms with E-state index in [1.54, 1.807) is 33.8 Å². The Morgan fingerprint density at radius 1 is 1.30 bits per heavy atom. The average molecular weight is 321 g/mol. The molecule has 1 rings (SSSR count). The molecule has 0 aliphatic heterocycles. The lowest BCUT2D eigenvalue weighted by atomic mass is 10.1. The predicted molar refractivity (Wildman–Crippen MR) is 85.0 cm³/mol. The van der Waals surface area contributed by atoms with Crippen LogP contribution in [0.4, 0.5) is 0 Å². The summed E-state index contributed by atoms with van der Waals surface area (Å²) >= 11 is 0. The number of nitrogens with one attached hydrogen (secondary N) is 1. The fraction of sp³-hybridized carbons (Fsp3) is 0.500. The van der Waals surface area contributed by atoms with Crippen molar-refractivity contribution < 1.29 is 19.1 Å². The van der Waals surface area contributed by atoms with E-state index in [1.165, 1.54) is 24.2 Å². The maximum atomic E-state index is 12.6. The van der Waals surface area contributed by atoms with E-state index in [-0.39, 0.29) is 23.7 Å². The topological polar surface area (TPSA) is 88.6 Å². The molecule has 0 saturated carbocycles. The highest BCUT2D eigenvalue weighted by Crippen LogP contribution is 2.15. The Labute approximate surface area is 136 Å². The largest absolute Gasteiger partial charge is 0.456 e. The Bertz CT molecular complexity index is 593. The molecule has 0 aliphatic carbocycles. The minimum atomic E-state index is -0.681. The first-order valence-corrected chi connectivity index (χ1v) is 7.37. The van der Waals surface area contributed by atoms with Gasteiger partial charge in [-0.25, -0.2) is 4.79 Å². The van der Waals surface area contributed by atoms with E-state index in [4.69, 9.17) is 4.74 Å². The van der Waals surface area contributed by atoms with Crippen LogP contribution in [-0.4, -0.2) is 53.4 Å². The first-order valence-electron chi connectivity index (χ1n) is 7.37. The van der Waals surface area contributed by atoms with Gasteiger partial charge in [-0.15, -0.1) is 0 Å². The molecule has 2 amide bonds. The van der Waals surface area contributed by atoms with E-state index in [1.807, 2.05) is 0 Å². The Kier molecular flexibility index (Phi) is 6.24. The number of esters is 1. The van der Waals surface area contributed by atoms with Crippen LogP contribution in [-0.2, 0) is 9.53 Å². The number of rotatable bonds is 5. The van der Waals surface area contributed by atoms with Crippen LogP contribution in [0.25, 0.3) is 0 Å². The molecule has 1 aromatic rings. The van der Waals surface area contributed by atoms with Gasteiger partial charge in [-0.3, -0.25) is 14.6 Å². The van der Waals surface area contributed by atoms with E-state index in [0.29, 0.717) is 6.54 Å². The molecule has 0 saturated heterocycles.